The topological polar surface area (TPSA) is 71.2 Å². The molecule has 1 aromatic carbocycles. The monoisotopic (exact) mass is 328 g/mol. The number of hydrogen-bond acceptors (Lipinski definition) is 4. The first-order valence-electron chi connectivity index (χ1n) is 8.10. The van der Waals surface area contributed by atoms with Gasteiger partial charge in [-0.05, 0) is 49.1 Å². The summed E-state index contributed by atoms with van der Waals surface area (Å²) >= 11 is 0. The number of carbonyl (C=O) groups excluding carboxylic acids is 1. The van der Waals surface area contributed by atoms with E-state index in [4.69, 9.17) is 5.73 Å². The number of anilines is 3. The summed E-state index contributed by atoms with van der Waals surface area (Å²) in [7, 11) is 0. The molecule has 1 aromatic heterocycles. The molecule has 24 heavy (non-hydrogen) atoms. The molecule has 0 atom stereocenters. The smallest absolute Gasteiger partial charge is 0.257 e. The summed E-state index contributed by atoms with van der Waals surface area (Å²) < 4.78 is 13.3. The molecule has 1 amide bonds. The normalized spacial score (nSPS) is 15.3. The number of piperidine rings is 1. The van der Waals surface area contributed by atoms with Crippen molar-refractivity contribution in [3.05, 3.63) is 47.9 Å². The second-order valence-electron chi connectivity index (χ2n) is 6.26. The van der Waals surface area contributed by atoms with Crippen molar-refractivity contribution in [2.75, 3.05) is 29.0 Å². The Morgan fingerprint density at radius 2 is 2.04 bits per heavy atom. The molecule has 0 unspecified atom stereocenters. The van der Waals surface area contributed by atoms with E-state index in [2.05, 4.69) is 22.1 Å². The van der Waals surface area contributed by atoms with Gasteiger partial charge >= 0.3 is 0 Å². The van der Waals surface area contributed by atoms with Crippen LogP contribution in [0, 0.1) is 11.7 Å². The van der Waals surface area contributed by atoms with Crippen molar-refractivity contribution < 1.29 is 9.18 Å². The Morgan fingerprint density at radius 1 is 1.29 bits per heavy atom. The van der Waals surface area contributed by atoms with Crippen molar-refractivity contribution in [3.63, 3.8) is 0 Å². The van der Waals surface area contributed by atoms with Gasteiger partial charge in [-0.1, -0.05) is 6.92 Å². The molecule has 1 aliphatic heterocycles. The van der Waals surface area contributed by atoms with Crippen molar-refractivity contribution in [2.24, 2.45) is 5.92 Å². The van der Waals surface area contributed by atoms with Crippen molar-refractivity contribution in [2.45, 2.75) is 19.8 Å². The van der Waals surface area contributed by atoms with Crippen LogP contribution in [0.4, 0.5) is 21.6 Å². The highest BCUT2D eigenvalue weighted by atomic mass is 19.1. The van der Waals surface area contributed by atoms with E-state index in [0.29, 0.717) is 11.3 Å². The van der Waals surface area contributed by atoms with Crippen LogP contribution in [0.2, 0.25) is 0 Å². The lowest BCUT2D eigenvalue weighted by Crippen LogP contribution is -2.33. The maximum atomic E-state index is 13.3. The maximum Gasteiger partial charge on any atom is 0.257 e. The van der Waals surface area contributed by atoms with Crippen molar-refractivity contribution in [1.29, 1.82) is 0 Å². The fraction of sp³-hybridized carbons (Fsp3) is 0.333. The van der Waals surface area contributed by atoms with Crippen LogP contribution in [0.1, 0.15) is 30.1 Å². The van der Waals surface area contributed by atoms with Crippen molar-refractivity contribution in [3.8, 4) is 0 Å². The fourth-order valence-electron chi connectivity index (χ4n) is 2.78. The fourth-order valence-corrected chi connectivity index (χ4v) is 2.78. The Labute approximate surface area is 140 Å². The Hall–Kier alpha value is -2.63. The van der Waals surface area contributed by atoms with E-state index in [9.17, 15) is 9.18 Å². The van der Waals surface area contributed by atoms with Gasteiger partial charge in [0.05, 0.1) is 16.9 Å². The molecule has 3 N–H and O–H groups in total. The molecule has 126 valence electrons. The largest absolute Gasteiger partial charge is 0.397 e. The Bertz CT molecular complexity index is 724. The van der Waals surface area contributed by atoms with Crippen LogP contribution in [-0.4, -0.2) is 24.0 Å². The third kappa shape index (κ3) is 3.64. The Balaban J connectivity index is 1.68. The van der Waals surface area contributed by atoms with Crippen LogP contribution in [0.15, 0.2) is 36.5 Å². The first kappa shape index (κ1) is 16.2. The zero-order valence-corrected chi connectivity index (χ0v) is 13.6. The Kier molecular flexibility index (Phi) is 4.64. The number of pyridine rings is 1. The standard InChI is InChI=1S/C18H21FN4O/c1-12-6-8-23(9-7-12)17-5-2-13(11-21-17)18(24)22-16-10-14(19)3-4-15(16)20/h2-5,10-12H,6-9,20H2,1H3,(H,22,24). The van der Waals surface area contributed by atoms with Crippen LogP contribution in [0.25, 0.3) is 0 Å². The first-order valence-corrected chi connectivity index (χ1v) is 8.10. The number of hydrogen-bond donors (Lipinski definition) is 2. The van der Waals surface area contributed by atoms with Gasteiger partial charge in [-0.15, -0.1) is 0 Å². The molecule has 2 aromatic rings. The zero-order valence-electron chi connectivity index (χ0n) is 13.6. The molecule has 0 radical (unpaired) electrons. The van der Waals surface area contributed by atoms with Gasteiger partial charge in [-0.3, -0.25) is 4.79 Å². The number of halogens is 1. The van der Waals surface area contributed by atoms with Crippen LogP contribution in [0.3, 0.4) is 0 Å². The lowest BCUT2D eigenvalue weighted by Gasteiger charge is -2.31. The molecule has 1 saturated heterocycles. The highest BCUT2D eigenvalue weighted by Gasteiger charge is 2.17. The minimum atomic E-state index is -0.452. The molecule has 1 aliphatic rings. The van der Waals surface area contributed by atoms with Gasteiger partial charge in [0.25, 0.3) is 5.91 Å². The molecule has 6 heteroatoms. The summed E-state index contributed by atoms with van der Waals surface area (Å²) in [6, 6.07) is 7.44. The molecule has 1 fully saturated rings. The van der Waals surface area contributed by atoms with Crippen LogP contribution >= 0.6 is 0 Å². The predicted molar refractivity (Wildman–Crippen MR) is 93.6 cm³/mol. The summed E-state index contributed by atoms with van der Waals surface area (Å²) in [5.74, 6) is 0.817. The number of aromatic nitrogens is 1. The second-order valence-corrected chi connectivity index (χ2v) is 6.26. The molecule has 0 saturated carbocycles. The van der Waals surface area contributed by atoms with E-state index in [-0.39, 0.29) is 11.6 Å². The summed E-state index contributed by atoms with van der Waals surface area (Å²) in [6.07, 6.45) is 3.85. The average molecular weight is 328 g/mol. The van der Waals surface area contributed by atoms with E-state index in [1.54, 1.807) is 6.07 Å². The van der Waals surface area contributed by atoms with Gasteiger partial charge in [0.1, 0.15) is 11.6 Å². The summed E-state index contributed by atoms with van der Waals surface area (Å²) in [4.78, 5) is 18.9. The molecule has 3 rings (SSSR count). The van der Waals surface area contributed by atoms with Gasteiger partial charge in [-0.2, -0.15) is 0 Å². The summed E-state index contributed by atoms with van der Waals surface area (Å²) in [5.41, 5.74) is 6.73. The van der Waals surface area contributed by atoms with E-state index in [1.165, 1.54) is 24.4 Å². The Morgan fingerprint density at radius 3 is 2.71 bits per heavy atom. The molecule has 2 heterocycles. The van der Waals surface area contributed by atoms with Crippen LogP contribution in [0.5, 0.6) is 0 Å². The number of nitrogens with one attached hydrogen (secondary N) is 1. The SMILES string of the molecule is CC1CCN(c2ccc(C(=O)Nc3cc(F)ccc3N)cn2)CC1. The second kappa shape index (κ2) is 6.86. The van der Waals surface area contributed by atoms with Gasteiger partial charge in [0, 0.05) is 19.3 Å². The number of rotatable bonds is 3. The quantitative estimate of drug-likeness (QED) is 0.848. The van der Waals surface area contributed by atoms with Crippen molar-refractivity contribution in [1.82, 2.24) is 4.98 Å². The van der Waals surface area contributed by atoms with Gasteiger partial charge < -0.3 is 16.0 Å². The van der Waals surface area contributed by atoms with Crippen LogP contribution < -0.4 is 16.0 Å². The molecule has 0 spiro atoms. The highest BCUT2D eigenvalue weighted by molar-refractivity contribution is 6.05. The maximum absolute atomic E-state index is 13.3. The van der Waals surface area contributed by atoms with E-state index in [0.717, 1.165) is 37.7 Å². The number of benzene rings is 1. The lowest BCUT2D eigenvalue weighted by atomic mass is 9.99. The first-order chi connectivity index (χ1) is 11.5. The molecule has 0 aliphatic carbocycles. The van der Waals surface area contributed by atoms with E-state index >= 15 is 0 Å². The number of nitrogen functional groups attached to an aromatic ring is 1. The lowest BCUT2D eigenvalue weighted by molar-refractivity contribution is 0.102. The van der Waals surface area contributed by atoms with E-state index < -0.39 is 5.82 Å². The predicted octanol–water partition coefficient (Wildman–Crippen LogP) is 3.29. The van der Waals surface area contributed by atoms with Gasteiger partial charge in [-0.25, -0.2) is 9.37 Å². The van der Waals surface area contributed by atoms with E-state index in [1.807, 2.05) is 6.07 Å². The van der Waals surface area contributed by atoms with Crippen LogP contribution in [-0.2, 0) is 0 Å². The molecule has 5 nitrogen and oxygen atoms in total. The highest BCUT2D eigenvalue weighted by Crippen LogP contribution is 2.22. The third-order valence-corrected chi connectivity index (χ3v) is 4.38. The van der Waals surface area contributed by atoms with Gasteiger partial charge in [0.15, 0.2) is 0 Å². The van der Waals surface area contributed by atoms with Gasteiger partial charge in [0.2, 0.25) is 0 Å². The number of nitrogens with zero attached hydrogens (tertiary/aromatic N) is 2. The zero-order chi connectivity index (χ0) is 17.1. The number of carbonyl (C=O) groups is 1. The average Bonchev–Trinajstić information content (AvgIpc) is 2.59. The molecular weight excluding hydrogens is 307 g/mol. The summed E-state index contributed by atoms with van der Waals surface area (Å²) in [6.45, 7) is 4.23. The third-order valence-electron chi connectivity index (χ3n) is 4.38. The van der Waals surface area contributed by atoms with Crippen molar-refractivity contribution >= 4 is 23.1 Å². The molecule has 0 bridgehead atoms. The summed E-state index contributed by atoms with van der Waals surface area (Å²) in [5, 5.41) is 2.61. The molecular formula is C18H21FN4O. The minimum absolute atomic E-state index is 0.258. The minimum Gasteiger partial charge on any atom is -0.397 e. The number of nitrogens with two attached hydrogens (primary N) is 1. The number of amides is 1.